The predicted molar refractivity (Wildman–Crippen MR) is 39.5 cm³/mol. The van der Waals surface area contributed by atoms with E-state index in [-0.39, 0.29) is 0 Å². The van der Waals surface area contributed by atoms with Gasteiger partial charge in [-0.05, 0) is 12.8 Å². The molecule has 0 fully saturated rings. The van der Waals surface area contributed by atoms with Crippen LogP contribution < -0.4 is 0 Å². The molecule has 0 saturated carbocycles. The lowest BCUT2D eigenvalue weighted by Crippen LogP contribution is -1.98. The van der Waals surface area contributed by atoms with Gasteiger partial charge in [-0.1, -0.05) is 5.21 Å². The molecular weight excluding hydrogens is 140 g/mol. The second-order valence-corrected chi connectivity index (χ2v) is 2.28. The van der Waals surface area contributed by atoms with Crippen LogP contribution in [0.5, 0.6) is 0 Å². The molecule has 4 nitrogen and oxygen atoms in total. The van der Waals surface area contributed by atoms with E-state index in [1.165, 1.54) is 0 Å². The predicted octanol–water partition coefficient (Wildman–Crippen LogP) is 0.972. The van der Waals surface area contributed by atoms with E-state index in [1.54, 1.807) is 10.9 Å². The van der Waals surface area contributed by atoms with Crippen LogP contribution in [-0.4, -0.2) is 15.0 Å². The second kappa shape index (κ2) is 4.45. The maximum absolute atomic E-state index is 8.24. The molecule has 0 unspecified atom stereocenters. The van der Waals surface area contributed by atoms with Gasteiger partial charge in [0, 0.05) is 19.2 Å². The Bertz CT molecular complexity index is 221. The van der Waals surface area contributed by atoms with Crippen molar-refractivity contribution in [3.8, 4) is 6.07 Å². The molecule has 1 aromatic rings. The molecule has 1 rings (SSSR count). The van der Waals surface area contributed by atoms with Crippen molar-refractivity contribution in [3.63, 3.8) is 0 Å². The minimum Gasteiger partial charge on any atom is -0.253 e. The maximum atomic E-state index is 8.24. The van der Waals surface area contributed by atoms with Crippen LogP contribution in [0.2, 0.25) is 0 Å². The van der Waals surface area contributed by atoms with Crippen LogP contribution in [0, 0.1) is 11.3 Å². The molecule has 0 bridgehead atoms. The Hall–Kier alpha value is -1.37. The number of nitrogens with zero attached hydrogens (tertiary/aromatic N) is 4. The largest absolute Gasteiger partial charge is 0.253 e. The summed E-state index contributed by atoms with van der Waals surface area (Å²) in [5.41, 5.74) is 0. The van der Waals surface area contributed by atoms with Gasteiger partial charge in [-0.3, -0.25) is 4.68 Å². The van der Waals surface area contributed by atoms with Crippen LogP contribution in [0.3, 0.4) is 0 Å². The van der Waals surface area contributed by atoms with Gasteiger partial charge in [0.15, 0.2) is 0 Å². The standard InChI is InChI=1S/C7H10N4/c8-4-2-1-3-6-11-7-5-9-10-11/h5,7H,1-3,6H2. The van der Waals surface area contributed by atoms with E-state index in [1.807, 2.05) is 6.20 Å². The first-order valence-corrected chi connectivity index (χ1v) is 3.64. The molecule has 58 valence electrons. The first-order valence-electron chi connectivity index (χ1n) is 3.64. The first-order chi connectivity index (χ1) is 5.43. The Kier molecular flexibility index (Phi) is 3.13. The second-order valence-electron chi connectivity index (χ2n) is 2.28. The maximum Gasteiger partial charge on any atom is 0.0692 e. The van der Waals surface area contributed by atoms with Crippen LogP contribution in [-0.2, 0) is 6.54 Å². The summed E-state index contributed by atoms with van der Waals surface area (Å²) >= 11 is 0. The van der Waals surface area contributed by atoms with E-state index in [0.29, 0.717) is 6.42 Å². The Balaban J connectivity index is 2.10. The van der Waals surface area contributed by atoms with Gasteiger partial charge in [0.05, 0.1) is 12.3 Å². The lowest BCUT2D eigenvalue weighted by Gasteiger charge is -1.95. The van der Waals surface area contributed by atoms with Crippen molar-refractivity contribution in [2.24, 2.45) is 0 Å². The zero-order valence-electron chi connectivity index (χ0n) is 6.27. The van der Waals surface area contributed by atoms with Gasteiger partial charge in [-0.15, -0.1) is 5.10 Å². The van der Waals surface area contributed by atoms with Crippen LogP contribution in [0.15, 0.2) is 12.4 Å². The molecule has 1 aromatic heterocycles. The molecule has 0 spiro atoms. The number of rotatable bonds is 4. The van der Waals surface area contributed by atoms with E-state index in [0.717, 1.165) is 19.4 Å². The molecule has 0 aromatic carbocycles. The van der Waals surface area contributed by atoms with Crippen molar-refractivity contribution in [3.05, 3.63) is 12.4 Å². The van der Waals surface area contributed by atoms with Gasteiger partial charge >= 0.3 is 0 Å². The van der Waals surface area contributed by atoms with Crippen LogP contribution in [0.1, 0.15) is 19.3 Å². The fraction of sp³-hybridized carbons (Fsp3) is 0.571. The average molecular weight is 150 g/mol. The van der Waals surface area contributed by atoms with E-state index < -0.39 is 0 Å². The molecule has 11 heavy (non-hydrogen) atoms. The highest BCUT2D eigenvalue weighted by molar-refractivity contribution is 4.68. The number of hydrogen-bond donors (Lipinski definition) is 0. The van der Waals surface area contributed by atoms with Crippen LogP contribution in [0.25, 0.3) is 0 Å². The summed E-state index contributed by atoms with van der Waals surface area (Å²) in [7, 11) is 0. The highest BCUT2D eigenvalue weighted by atomic mass is 15.4. The molecule has 1 heterocycles. The summed E-state index contributed by atoms with van der Waals surface area (Å²) in [6.45, 7) is 0.863. The van der Waals surface area contributed by atoms with Crippen molar-refractivity contribution < 1.29 is 0 Å². The van der Waals surface area contributed by atoms with Crippen LogP contribution >= 0.6 is 0 Å². The lowest BCUT2D eigenvalue weighted by atomic mass is 10.2. The highest BCUT2D eigenvalue weighted by Crippen LogP contribution is 1.95. The smallest absolute Gasteiger partial charge is 0.0692 e. The monoisotopic (exact) mass is 150 g/mol. The Morgan fingerprint density at radius 3 is 3.00 bits per heavy atom. The molecular formula is C7H10N4. The van der Waals surface area contributed by atoms with Crippen molar-refractivity contribution in [1.82, 2.24) is 15.0 Å². The number of nitriles is 1. The first kappa shape index (κ1) is 7.73. The summed E-state index contributed by atoms with van der Waals surface area (Å²) in [6, 6.07) is 2.10. The van der Waals surface area contributed by atoms with Gasteiger partial charge in [0.1, 0.15) is 0 Å². The summed E-state index contributed by atoms with van der Waals surface area (Å²) in [4.78, 5) is 0. The van der Waals surface area contributed by atoms with Gasteiger partial charge in [-0.2, -0.15) is 5.26 Å². The van der Waals surface area contributed by atoms with Gasteiger partial charge < -0.3 is 0 Å². The minimum atomic E-state index is 0.634. The van der Waals surface area contributed by atoms with E-state index in [4.69, 9.17) is 5.26 Å². The normalized spacial score (nSPS) is 9.36. The Morgan fingerprint density at radius 2 is 2.36 bits per heavy atom. The Morgan fingerprint density at radius 1 is 1.45 bits per heavy atom. The minimum absolute atomic E-state index is 0.634. The highest BCUT2D eigenvalue weighted by Gasteiger charge is 1.90. The third-order valence-corrected chi connectivity index (χ3v) is 1.40. The molecule has 0 aliphatic rings. The van der Waals surface area contributed by atoms with Crippen molar-refractivity contribution >= 4 is 0 Å². The average Bonchev–Trinajstić information content (AvgIpc) is 2.50. The fourth-order valence-corrected chi connectivity index (χ4v) is 0.830. The molecule has 0 amide bonds. The van der Waals surface area contributed by atoms with Crippen LogP contribution in [0.4, 0.5) is 0 Å². The van der Waals surface area contributed by atoms with Crippen molar-refractivity contribution in [2.75, 3.05) is 0 Å². The molecule has 0 atom stereocenters. The number of hydrogen-bond acceptors (Lipinski definition) is 3. The number of aromatic nitrogens is 3. The van der Waals surface area contributed by atoms with E-state index in [2.05, 4.69) is 16.4 Å². The molecule has 4 heteroatoms. The van der Waals surface area contributed by atoms with Crippen molar-refractivity contribution in [1.29, 1.82) is 5.26 Å². The van der Waals surface area contributed by atoms with Crippen molar-refractivity contribution in [2.45, 2.75) is 25.8 Å². The third-order valence-electron chi connectivity index (χ3n) is 1.40. The number of unbranched alkanes of at least 4 members (excludes halogenated alkanes) is 2. The van der Waals surface area contributed by atoms with E-state index in [9.17, 15) is 0 Å². The van der Waals surface area contributed by atoms with Gasteiger partial charge in [-0.25, -0.2) is 0 Å². The molecule has 0 N–H and O–H groups in total. The Labute approximate surface area is 65.4 Å². The topological polar surface area (TPSA) is 54.5 Å². The van der Waals surface area contributed by atoms with E-state index >= 15 is 0 Å². The third kappa shape index (κ3) is 2.80. The lowest BCUT2D eigenvalue weighted by molar-refractivity contribution is 0.544. The zero-order chi connectivity index (χ0) is 7.94. The molecule has 0 saturated heterocycles. The zero-order valence-corrected chi connectivity index (χ0v) is 6.27. The summed E-state index contributed by atoms with van der Waals surface area (Å²) in [6.07, 6.45) is 6.05. The number of aryl methyl sites for hydroxylation is 1. The fourth-order valence-electron chi connectivity index (χ4n) is 0.830. The quantitative estimate of drug-likeness (QED) is 0.601. The summed E-state index contributed by atoms with van der Waals surface area (Å²) in [5.74, 6) is 0. The molecule has 0 aliphatic heterocycles. The van der Waals surface area contributed by atoms with Gasteiger partial charge in [0.25, 0.3) is 0 Å². The SMILES string of the molecule is N#CCCCCn1ccnn1. The van der Waals surface area contributed by atoms with Gasteiger partial charge in [0.2, 0.25) is 0 Å². The molecule has 0 radical (unpaired) electrons. The summed E-state index contributed by atoms with van der Waals surface area (Å²) < 4.78 is 1.78. The summed E-state index contributed by atoms with van der Waals surface area (Å²) in [5, 5.41) is 15.7. The molecule has 0 aliphatic carbocycles.